The number of hydrogen-bond acceptors (Lipinski definition) is 1. The lowest BCUT2D eigenvalue weighted by atomic mass is 10.2. The van der Waals surface area contributed by atoms with Crippen molar-refractivity contribution in [3.63, 3.8) is 0 Å². The van der Waals surface area contributed by atoms with Crippen molar-refractivity contribution in [2.45, 2.75) is 0 Å². The van der Waals surface area contributed by atoms with Crippen LogP contribution < -0.4 is 0 Å². The van der Waals surface area contributed by atoms with E-state index < -0.39 is 0 Å². The summed E-state index contributed by atoms with van der Waals surface area (Å²) in [5, 5.41) is 1.70. The third-order valence-corrected chi connectivity index (χ3v) is 2.17. The summed E-state index contributed by atoms with van der Waals surface area (Å²) in [6, 6.07) is 7.37. The first-order valence-electron chi connectivity index (χ1n) is 2.99. The van der Waals surface area contributed by atoms with Crippen LogP contribution in [0.2, 0.25) is 0 Å². The van der Waals surface area contributed by atoms with Gasteiger partial charge in [0.25, 0.3) is 0 Å². The monoisotopic (exact) mass is 152 g/mol. The molecule has 1 aliphatic carbocycles. The number of hydrogen-bond donors (Lipinski definition) is 0. The molecule has 0 bridgehead atoms. The molecule has 0 fully saturated rings. The summed E-state index contributed by atoms with van der Waals surface area (Å²) in [6.45, 7) is 0. The molecule has 0 aromatic heterocycles. The topological polar surface area (TPSA) is 0 Å². The molecule has 0 atom stereocenters. The summed E-state index contributed by atoms with van der Waals surface area (Å²) < 4.78 is 12.5. The van der Waals surface area contributed by atoms with E-state index in [4.69, 9.17) is 0 Å². The molecule has 0 saturated heterocycles. The molecule has 0 aromatic rings. The molecule has 10 heavy (non-hydrogen) atoms. The first kappa shape index (κ1) is 5.86. The number of rotatable bonds is 0. The molecule has 0 spiro atoms. The highest BCUT2D eigenvalue weighted by atomic mass is 32.1. The van der Waals surface area contributed by atoms with E-state index in [9.17, 15) is 4.39 Å². The highest BCUT2D eigenvalue weighted by Gasteiger charge is 2.01. The normalized spacial score (nSPS) is 10.5. The van der Waals surface area contributed by atoms with E-state index in [1.54, 1.807) is 6.07 Å². The molecule has 0 saturated carbocycles. The lowest BCUT2D eigenvalue weighted by molar-refractivity contribution is 0.656. The van der Waals surface area contributed by atoms with Crippen LogP contribution in [0.25, 0.3) is 11.1 Å². The Balaban J connectivity index is 2.75. The van der Waals surface area contributed by atoms with Crippen molar-refractivity contribution in [1.29, 1.82) is 0 Å². The molecule has 2 rings (SSSR count). The summed E-state index contributed by atoms with van der Waals surface area (Å²) in [7, 11) is 0. The van der Waals surface area contributed by atoms with Crippen LogP contribution in [0.3, 0.4) is 0 Å². The molecule has 0 N–H and O–H groups in total. The Morgan fingerprint density at radius 2 is 2.00 bits per heavy atom. The van der Waals surface area contributed by atoms with Gasteiger partial charge in [-0.15, -0.1) is 11.3 Å². The van der Waals surface area contributed by atoms with Crippen LogP contribution in [-0.2, 0) is 0 Å². The van der Waals surface area contributed by atoms with Gasteiger partial charge in [-0.3, -0.25) is 0 Å². The van der Waals surface area contributed by atoms with Gasteiger partial charge >= 0.3 is 0 Å². The lowest BCUT2D eigenvalue weighted by Crippen LogP contribution is -1.71. The second kappa shape index (κ2) is 2.06. The van der Waals surface area contributed by atoms with Crippen molar-refractivity contribution in [3.05, 3.63) is 34.8 Å². The Bertz CT molecular complexity index is 313. The van der Waals surface area contributed by atoms with Crippen LogP contribution in [0.5, 0.6) is 0 Å². The maximum Gasteiger partial charge on any atom is 0.176 e. The Kier molecular flexibility index (Phi) is 1.21. The van der Waals surface area contributed by atoms with E-state index >= 15 is 0 Å². The van der Waals surface area contributed by atoms with Gasteiger partial charge < -0.3 is 0 Å². The second-order valence-corrected chi connectivity index (χ2v) is 2.98. The first-order valence-corrected chi connectivity index (χ1v) is 3.87. The smallest absolute Gasteiger partial charge is 0.176 e. The van der Waals surface area contributed by atoms with Gasteiger partial charge in [0.1, 0.15) is 0 Å². The minimum absolute atomic E-state index is 0.126. The highest BCUT2D eigenvalue weighted by molar-refractivity contribution is 7.08. The summed E-state index contributed by atoms with van der Waals surface area (Å²) in [5.41, 5.74) is 2.10. The molecule has 0 unspecified atom stereocenters. The van der Waals surface area contributed by atoms with Crippen molar-refractivity contribution >= 4 is 11.3 Å². The molecule has 0 nitrogen and oxygen atoms in total. The van der Waals surface area contributed by atoms with Crippen LogP contribution in [0.15, 0.2) is 29.6 Å². The first-order chi connectivity index (χ1) is 4.86. The minimum Gasteiger partial charge on any atom is -0.195 e. The summed E-state index contributed by atoms with van der Waals surface area (Å²) >= 11 is 1.13. The predicted octanol–water partition coefficient (Wildman–Crippen LogP) is 2.99. The third kappa shape index (κ3) is 0.809. The van der Waals surface area contributed by atoms with Crippen molar-refractivity contribution in [1.82, 2.24) is 0 Å². The molecule has 2 aliphatic rings. The van der Waals surface area contributed by atoms with E-state index in [0.717, 1.165) is 22.5 Å². The Hall–Kier alpha value is -0.890. The highest BCUT2D eigenvalue weighted by Crippen LogP contribution is 2.25. The molecule has 0 radical (unpaired) electrons. The van der Waals surface area contributed by atoms with Gasteiger partial charge in [0.05, 0.1) is 0 Å². The van der Waals surface area contributed by atoms with Gasteiger partial charge in [0.15, 0.2) is 5.13 Å². The molecule has 1 heterocycles. The van der Waals surface area contributed by atoms with E-state index in [0.29, 0.717) is 0 Å². The quantitative estimate of drug-likeness (QED) is 0.544. The fourth-order valence-electron chi connectivity index (χ4n) is 0.963. The molecule has 1 aliphatic heterocycles. The van der Waals surface area contributed by atoms with Gasteiger partial charge in [0.2, 0.25) is 0 Å². The summed E-state index contributed by atoms with van der Waals surface area (Å²) in [5.74, 6) is 0. The van der Waals surface area contributed by atoms with Crippen molar-refractivity contribution < 1.29 is 4.39 Å². The molecule has 0 amide bonds. The van der Waals surface area contributed by atoms with Crippen molar-refractivity contribution in [3.8, 4) is 11.1 Å². The zero-order chi connectivity index (χ0) is 6.97. The van der Waals surface area contributed by atoms with Gasteiger partial charge in [0, 0.05) is 5.38 Å². The third-order valence-electron chi connectivity index (χ3n) is 1.45. The van der Waals surface area contributed by atoms with E-state index in [2.05, 4.69) is 0 Å². The van der Waals surface area contributed by atoms with E-state index in [-0.39, 0.29) is 5.13 Å². The predicted molar refractivity (Wildman–Crippen MR) is 40.9 cm³/mol. The Labute approximate surface area is 62.3 Å². The maximum atomic E-state index is 12.5. The lowest BCUT2D eigenvalue weighted by Gasteiger charge is -1.94. The standard InChI is InChI=1S/C8H5FS/c9-8-4-6-2-1-3-7(6)5-10-8/h1-5H. The van der Waals surface area contributed by atoms with Crippen LogP contribution in [0, 0.1) is 5.13 Å². The van der Waals surface area contributed by atoms with E-state index in [1.807, 2.05) is 23.6 Å². The minimum atomic E-state index is -0.126. The average Bonchev–Trinajstić information content (AvgIpc) is 2.33. The van der Waals surface area contributed by atoms with Gasteiger partial charge in [-0.1, -0.05) is 18.2 Å². The fourth-order valence-corrected chi connectivity index (χ4v) is 1.61. The summed E-state index contributed by atoms with van der Waals surface area (Å²) in [4.78, 5) is 0. The Morgan fingerprint density at radius 1 is 1.20 bits per heavy atom. The molecular weight excluding hydrogens is 147 g/mol. The van der Waals surface area contributed by atoms with Crippen LogP contribution >= 0.6 is 11.3 Å². The van der Waals surface area contributed by atoms with Crippen molar-refractivity contribution in [2.24, 2.45) is 0 Å². The van der Waals surface area contributed by atoms with Gasteiger partial charge in [-0.25, -0.2) is 0 Å². The van der Waals surface area contributed by atoms with Crippen LogP contribution in [0.1, 0.15) is 0 Å². The Morgan fingerprint density at radius 3 is 2.90 bits per heavy atom. The van der Waals surface area contributed by atoms with Crippen molar-refractivity contribution in [2.75, 3.05) is 0 Å². The second-order valence-electron chi connectivity index (χ2n) is 2.12. The average molecular weight is 152 g/mol. The summed E-state index contributed by atoms with van der Waals surface area (Å²) in [6.07, 6.45) is 0. The zero-order valence-electron chi connectivity index (χ0n) is 5.17. The van der Waals surface area contributed by atoms with Crippen LogP contribution in [-0.4, -0.2) is 0 Å². The molecule has 2 heteroatoms. The maximum absolute atomic E-state index is 12.5. The van der Waals surface area contributed by atoms with Gasteiger partial charge in [-0.05, 0) is 17.2 Å². The fraction of sp³-hybridized carbons (Fsp3) is 0. The van der Waals surface area contributed by atoms with E-state index in [1.165, 1.54) is 0 Å². The van der Waals surface area contributed by atoms with Crippen LogP contribution in [0.4, 0.5) is 4.39 Å². The van der Waals surface area contributed by atoms with Gasteiger partial charge in [-0.2, -0.15) is 4.39 Å². The SMILES string of the molecule is Fc1cc2cccc-2cs1. The molecular formula is C8H5FS. The molecule has 0 aromatic carbocycles. The number of fused-ring (bicyclic) bond motifs is 1. The zero-order valence-corrected chi connectivity index (χ0v) is 5.99. The largest absolute Gasteiger partial charge is 0.195 e. The number of halogens is 1. The molecule has 50 valence electrons.